The maximum atomic E-state index is 4.20. The van der Waals surface area contributed by atoms with Crippen molar-refractivity contribution in [3.05, 3.63) is 64.4 Å². The van der Waals surface area contributed by atoms with E-state index in [1.807, 2.05) is 18.5 Å². The Morgan fingerprint density at radius 2 is 2.00 bits per heavy atom. The Kier molecular flexibility index (Phi) is 4.90. The average Bonchev–Trinajstić information content (AvgIpc) is 2.42. The number of likely N-dealkylation sites (N-methyl/N-ethyl adjacent to an activating group) is 1. The van der Waals surface area contributed by atoms with Crippen molar-refractivity contribution >= 4 is 15.9 Å². The van der Waals surface area contributed by atoms with E-state index in [1.165, 1.54) is 11.1 Å². The normalized spacial score (nSPS) is 12.3. The van der Waals surface area contributed by atoms with Gasteiger partial charge in [0, 0.05) is 22.9 Å². The van der Waals surface area contributed by atoms with Crippen molar-refractivity contribution in [1.82, 2.24) is 10.3 Å². The van der Waals surface area contributed by atoms with Crippen LogP contribution >= 0.6 is 15.9 Å². The van der Waals surface area contributed by atoms with Crippen LogP contribution in [-0.2, 0) is 6.42 Å². The van der Waals surface area contributed by atoms with Gasteiger partial charge in [0.15, 0.2) is 0 Å². The van der Waals surface area contributed by atoms with E-state index in [0.29, 0.717) is 6.04 Å². The van der Waals surface area contributed by atoms with Gasteiger partial charge in [-0.05, 0) is 42.3 Å². The van der Waals surface area contributed by atoms with Crippen molar-refractivity contribution in [3.63, 3.8) is 0 Å². The van der Waals surface area contributed by atoms with Crippen LogP contribution in [0.1, 0.15) is 24.1 Å². The van der Waals surface area contributed by atoms with Gasteiger partial charge >= 0.3 is 0 Å². The number of hydrogen-bond acceptors (Lipinski definition) is 2. The molecule has 0 spiro atoms. The third-order valence-corrected chi connectivity index (χ3v) is 3.42. The minimum atomic E-state index is 0.324. The van der Waals surface area contributed by atoms with Crippen molar-refractivity contribution in [3.8, 4) is 0 Å². The van der Waals surface area contributed by atoms with Crippen molar-refractivity contribution < 1.29 is 0 Å². The molecule has 18 heavy (non-hydrogen) atoms. The van der Waals surface area contributed by atoms with Gasteiger partial charge in [0.05, 0.1) is 0 Å². The molecule has 1 aromatic carbocycles. The lowest BCUT2D eigenvalue weighted by molar-refractivity contribution is 0.548. The molecule has 0 aliphatic carbocycles. The van der Waals surface area contributed by atoms with Gasteiger partial charge in [0.25, 0.3) is 0 Å². The molecule has 0 fully saturated rings. The number of nitrogens with one attached hydrogen (secondary N) is 1. The molecule has 0 radical (unpaired) electrons. The molecule has 1 N–H and O–H groups in total. The fraction of sp³-hybridized carbons (Fsp3) is 0.267. The van der Waals surface area contributed by atoms with E-state index in [9.17, 15) is 0 Å². The van der Waals surface area contributed by atoms with E-state index in [2.05, 4.69) is 63.5 Å². The molecule has 0 amide bonds. The predicted octanol–water partition coefficient (Wildman–Crippen LogP) is 3.74. The zero-order valence-electron chi connectivity index (χ0n) is 10.4. The summed E-state index contributed by atoms with van der Waals surface area (Å²) >= 11 is 3.46. The lowest BCUT2D eigenvalue weighted by Gasteiger charge is -2.18. The number of nitrogens with zero attached hydrogens (tertiary/aromatic N) is 1. The predicted molar refractivity (Wildman–Crippen MR) is 78.5 cm³/mol. The van der Waals surface area contributed by atoms with Gasteiger partial charge in [0.1, 0.15) is 0 Å². The Morgan fingerprint density at radius 1 is 1.22 bits per heavy atom. The topological polar surface area (TPSA) is 24.9 Å². The summed E-state index contributed by atoms with van der Waals surface area (Å²) in [6, 6.07) is 12.9. The zero-order valence-corrected chi connectivity index (χ0v) is 12.0. The maximum Gasteiger partial charge on any atom is 0.0376 e. The molecule has 0 aliphatic heterocycles. The summed E-state index contributed by atoms with van der Waals surface area (Å²) in [5.74, 6) is 0. The molecular formula is C15H17BrN2. The number of benzene rings is 1. The smallest absolute Gasteiger partial charge is 0.0376 e. The lowest BCUT2D eigenvalue weighted by Crippen LogP contribution is -2.23. The first-order valence-corrected chi connectivity index (χ1v) is 6.96. The fourth-order valence-corrected chi connectivity index (χ4v) is 2.26. The lowest BCUT2D eigenvalue weighted by atomic mass is 10.0. The SMILES string of the molecule is CCNC(Cc1ccc(Br)cc1)c1cccnc1. The summed E-state index contributed by atoms with van der Waals surface area (Å²) in [5, 5.41) is 3.51. The van der Waals surface area contributed by atoms with Gasteiger partial charge in [-0.25, -0.2) is 0 Å². The standard InChI is InChI=1S/C15H17BrN2/c1-2-18-15(13-4-3-9-17-11-13)10-12-5-7-14(16)8-6-12/h3-9,11,15,18H,2,10H2,1H3. The first kappa shape index (κ1) is 13.2. The number of aromatic nitrogens is 1. The summed E-state index contributed by atoms with van der Waals surface area (Å²) in [6.07, 6.45) is 4.73. The molecule has 0 saturated carbocycles. The number of hydrogen-bond donors (Lipinski definition) is 1. The Morgan fingerprint density at radius 3 is 2.61 bits per heavy atom. The molecule has 1 heterocycles. The molecule has 2 rings (SSSR count). The highest BCUT2D eigenvalue weighted by Gasteiger charge is 2.10. The summed E-state index contributed by atoms with van der Waals surface area (Å²) in [7, 11) is 0. The van der Waals surface area contributed by atoms with Crippen molar-refractivity contribution in [2.24, 2.45) is 0 Å². The highest BCUT2D eigenvalue weighted by atomic mass is 79.9. The molecular weight excluding hydrogens is 288 g/mol. The molecule has 94 valence electrons. The van der Waals surface area contributed by atoms with Crippen LogP contribution in [0.3, 0.4) is 0 Å². The van der Waals surface area contributed by atoms with E-state index >= 15 is 0 Å². The Balaban J connectivity index is 2.14. The third-order valence-electron chi connectivity index (χ3n) is 2.89. The Labute approximate surface area is 117 Å². The summed E-state index contributed by atoms with van der Waals surface area (Å²) in [5.41, 5.74) is 2.57. The second-order valence-electron chi connectivity index (χ2n) is 4.23. The Hall–Kier alpha value is -1.19. The van der Waals surface area contributed by atoms with Crippen molar-refractivity contribution in [1.29, 1.82) is 0 Å². The summed E-state index contributed by atoms with van der Waals surface area (Å²) in [4.78, 5) is 4.20. The number of rotatable bonds is 5. The van der Waals surface area contributed by atoms with Gasteiger partial charge < -0.3 is 5.32 Å². The fourth-order valence-electron chi connectivity index (χ4n) is 1.99. The molecule has 2 aromatic rings. The molecule has 0 aliphatic rings. The van der Waals surface area contributed by atoms with Crippen LogP contribution in [0.5, 0.6) is 0 Å². The summed E-state index contributed by atoms with van der Waals surface area (Å²) in [6.45, 7) is 3.08. The van der Waals surface area contributed by atoms with Crippen LogP contribution in [0.15, 0.2) is 53.3 Å². The van der Waals surface area contributed by atoms with Crippen molar-refractivity contribution in [2.75, 3.05) is 6.54 Å². The molecule has 0 saturated heterocycles. The highest BCUT2D eigenvalue weighted by Crippen LogP contribution is 2.19. The van der Waals surface area contributed by atoms with E-state index < -0.39 is 0 Å². The van der Waals surface area contributed by atoms with E-state index in [4.69, 9.17) is 0 Å². The van der Waals surface area contributed by atoms with Crippen LogP contribution in [0.25, 0.3) is 0 Å². The van der Waals surface area contributed by atoms with Gasteiger partial charge in [-0.15, -0.1) is 0 Å². The van der Waals surface area contributed by atoms with Crippen LogP contribution in [-0.4, -0.2) is 11.5 Å². The van der Waals surface area contributed by atoms with Gasteiger partial charge in [-0.2, -0.15) is 0 Å². The molecule has 0 bridgehead atoms. The van der Waals surface area contributed by atoms with E-state index in [1.54, 1.807) is 0 Å². The highest BCUT2D eigenvalue weighted by molar-refractivity contribution is 9.10. The van der Waals surface area contributed by atoms with Crippen LogP contribution in [0.2, 0.25) is 0 Å². The van der Waals surface area contributed by atoms with Crippen molar-refractivity contribution in [2.45, 2.75) is 19.4 Å². The van der Waals surface area contributed by atoms with Gasteiger partial charge in [0.2, 0.25) is 0 Å². The Bertz CT molecular complexity index is 468. The number of pyridine rings is 1. The monoisotopic (exact) mass is 304 g/mol. The molecule has 1 unspecified atom stereocenters. The van der Waals surface area contributed by atoms with Gasteiger partial charge in [-0.1, -0.05) is 41.1 Å². The molecule has 3 heteroatoms. The zero-order chi connectivity index (χ0) is 12.8. The third kappa shape index (κ3) is 3.65. The quantitative estimate of drug-likeness (QED) is 0.910. The second kappa shape index (κ2) is 6.66. The molecule has 1 atom stereocenters. The van der Waals surface area contributed by atoms with E-state index in [-0.39, 0.29) is 0 Å². The number of halogens is 1. The minimum Gasteiger partial charge on any atom is -0.310 e. The largest absolute Gasteiger partial charge is 0.310 e. The maximum absolute atomic E-state index is 4.20. The van der Waals surface area contributed by atoms with Gasteiger partial charge in [-0.3, -0.25) is 4.98 Å². The molecule has 2 nitrogen and oxygen atoms in total. The van der Waals surface area contributed by atoms with Crippen LogP contribution in [0.4, 0.5) is 0 Å². The first-order chi connectivity index (χ1) is 8.79. The minimum absolute atomic E-state index is 0.324. The first-order valence-electron chi connectivity index (χ1n) is 6.17. The van der Waals surface area contributed by atoms with Crippen LogP contribution in [0, 0.1) is 0 Å². The van der Waals surface area contributed by atoms with E-state index in [0.717, 1.165) is 17.4 Å². The molecule has 1 aromatic heterocycles. The second-order valence-corrected chi connectivity index (χ2v) is 5.14. The summed E-state index contributed by atoms with van der Waals surface area (Å²) < 4.78 is 1.12. The average molecular weight is 305 g/mol. The van der Waals surface area contributed by atoms with Crippen LogP contribution < -0.4 is 5.32 Å².